The first kappa shape index (κ1) is 15.8. The summed E-state index contributed by atoms with van der Waals surface area (Å²) in [4.78, 5) is 0. The molecule has 0 N–H and O–H groups in total. The molecule has 2 aromatic rings. The number of halogens is 1. The highest BCUT2D eigenvalue weighted by Gasteiger charge is 2.05. The van der Waals surface area contributed by atoms with Gasteiger partial charge in [-0.1, -0.05) is 61.2 Å². The van der Waals surface area contributed by atoms with Crippen LogP contribution in [-0.4, -0.2) is 12.5 Å². The van der Waals surface area contributed by atoms with Crippen LogP contribution in [0.15, 0.2) is 61.2 Å². The van der Waals surface area contributed by atoms with Crippen LogP contribution in [-0.2, 0) is 17.8 Å². The van der Waals surface area contributed by atoms with E-state index in [1.807, 2.05) is 24.3 Å². The number of benzene rings is 2. The first-order valence-electron chi connectivity index (χ1n) is 7.25. The monoisotopic (exact) mass is 300 g/mol. The smallest absolute Gasteiger partial charge is 0.0721 e. The maximum atomic E-state index is 5.79. The van der Waals surface area contributed by atoms with E-state index < -0.39 is 0 Å². The summed E-state index contributed by atoms with van der Waals surface area (Å²) in [7, 11) is 0. The Balaban J connectivity index is 1.91. The number of alkyl halides is 1. The molecule has 1 nitrogen and oxygen atoms in total. The van der Waals surface area contributed by atoms with Gasteiger partial charge in [0.1, 0.15) is 0 Å². The van der Waals surface area contributed by atoms with Crippen LogP contribution >= 0.6 is 11.6 Å². The average Bonchev–Trinajstić information content (AvgIpc) is 2.54. The second-order valence-electron chi connectivity index (χ2n) is 5.03. The predicted octanol–water partition coefficient (Wildman–Crippen LogP) is 5.09. The van der Waals surface area contributed by atoms with Gasteiger partial charge in [0.05, 0.1) is 13.2 Å². The summed E-state index contributed by atoms with van der Waals surface area (Å²) in [5, 5.41) is 0. The van der Waals surface area contributed by atoms with Gasteiger partial charge in [-0.25, -0.2) is 0 Å². The Morgan fingerprint density at radius 1 is 1.00 bits per heavy atom. The Bertz CT molecular complexity index is 563. The molecule has 0 atom stereocenters. The quantitative estimate of drug-likeness (QED) is 0.617. The van der Waals surface area contributed by atoms with Crippen molar-refractivity contribution in [3.05, 3.63) is 77.9 Å². The molecule has 0 heterocycles. The summed E-state index contributed by atoms with van der Waals surface area (Å²) in [5.74, 6) is 0.686. The van der Waals surface area contributed by atoms with Gasteiger partial charge in [-0.2, -0.15) is 0 Å². The molecule has 0 spiro atoms. The van der Waals surface area contributed by atoms with Gasteiger partial charge in [-0.3, -0.25) is 0 Å². The summed E-state index contributed by atoms with van der Waals surface area (Å²) < 4.78 is 5.77. The number of hydrogen-bond acceptors (Lipinski definition) is 1. The van der Waals surface area contributed by atoms with Crippen molar-refractivity contribution >= 4 is 17.2 Å². The zero-order valence-electron chi connectivity index (χ0n) is 12.2. The molecule has 0 fully saturated rings. The molecule has 2 heteroatoms. The minimum atomic E-state index is 0.548. The van der Waals surface area contributed by atoms with Crippen LogP contribution in [0.1, 0.15) is 23.1 Å². The average molecular weight is 301 g/mol. The molecule has 2 aromatic carbocycles. The predicted molar refractivity (Wildman–Crippen MR) is 90.6 cm³/mol. The number of hydrogen-bond donors (Lipinski definition) is 0. The largest absolute Gasteiger partial charge is 0.372 e. The van der Waals surface area contributed by atoms with Gasteiger partial charge in [-0.15, -0.1) is 11.6 Å². The van der Waals surface area contributed by atoms with E-state index in [0.29, 0.717) is 19.1 Å². The molecule has 21 heavy (non-hydrogen) atoms. The van der Waals surface area contributed by atoms with Crippen LogP contribution < -0.4 is 0 Å². The molecule has 0 aliphatic carbocycles. The molecule has 0 bridgehead atoms. The van der Waals surface area contributed by atoms with Crippen molar-refractivity contribution in [1.82, 2.24) is 0 Å². The SMILES string of the molecule is C=C(COCc1ccccc1)c1ccccc1CCCCl. The number of ether oxygens (including phenoxy) is 1. The Kier molecular flexibility index (Phi) is 6.52. The molecule has 110 valence electrons. The van der Waals surface area contributed by atoms with Gasteiger partial charge >= 0.3 is 0 Å². The van der Waals surface area contributed by atoms with Gasteiger partial charge in [-0.05, 0) is 35.1 Å². The molecule has 0 aromatic heterocycles. The maximum absolute atomic E-state index is 5.79. The molecule has 0 aliphatic rings. The van der Waals surface area contributed by atoms with Crippen molar-refractivity contribution in [3.63, 3.8) is 0 Å². The first-order chi connectivity index (χ1) is 10.3. The van der Waals surface area contributed by atoms with E-state index in [1.165, 1.54) is 16.7 Å². The van der Waals surface area contributed by atoms with Crippen molar-refractivity contribution in [2.24, 2.45) is 0 Å². The van der Waals surface area contributed by atoms with Crippen LogP contribution in [0.4, 0.5) is 0 Å². The summed E-state index contributed by atoms with van der Waals surface area (Å²) in [5.41, 5.74) is 4.69. The topological polar surface area (TPSA) is 9.23 Å². The van der Waals surface area contributed by atoms with E-state index in [-0.39, 0.29) is 0 Å². The van der Waals surface area contributed by atoms with Crippen LogP contribution in [0, 0.1) is 0 Å². The van der Waals surface area contributed by atoms with Crippen LogP contribution in [0.25, 0.3) is 5.57 Å². The van der Waals surface area contributed by atoms with E-state index in [1.54, 1.807) is 0 Å². The zero-order valence-corrected chi connectivity index (χ0v) is 13.0. The van der Waals surface area contributed by atoms with Crippen molar-refractivity contribution in [2.75, 3.05) is 12.5 Å². The highest BCUT2D eigenvalue weighted by atomic mass is 35.5. The van der Waals surface area contributed by atoms with E-state index in [0.717, 1.165) is 18.4 Å². The second-order valence-corrected chi connectivity index (χ2v) is 5.41. The first-order valence-corrected chi connectivity index (χ1v) is 7.78. The van der Waals surface area contributed by atoms with E-state index >= 15 is 0 Å². The van der Waals surface area contributed by atoms with Crippen LogP contribution in [0.2, 0.25) is 0 Å². The summed E-state index contributed by atoms with van der Waals surface area (Å²) >= 11 is 5.79. The van der Waals surface area contributed by atoms with E-state index in [9.17, 15) is 0 Å². The standard InChI is InChI=1S/C19H21ClO/c1-16(14-21-15-17-8-3-2-4-9-17)19-12-6-5-10-18(19)11-7-13-20/h2-6,8-10,12H,1,7,11,13-15H2. The molecule has 0 aliphatic heterocycles. The zero-order chi connectivity index (χ0) is 14.9. The number of rotatable bonds is 8. The van der Waals surface area contributed by atoms with Crippen molar-refractivity contribution in [1.29, 1.82) is 0 Å². The van der Waals surface area contributed by atoms with Gasteiger partial charge < -0.3 is 4.74 Å². The fraction of sp³-hybridized carbons (Fsp3) is 0.263. The normalized spacial score (nSPS) is 10.5. The molecular formula is C19H21ClO. The summed E-state index contributed by atoms with van der Waals surface area (Å²) in [6.45, 7) is 5.33. The fourth-order valence-corrected chi connectivity index (χ4v) is 2.42. The van der Waals surface area contributed by atoms with Gasteiger partial charge in [0, 0.05) is 5.88 Å². The lowest BCUT2D eigenvalue weighted by Crippen LogP contribution is -2.01. The third-order valence-electron chi connectivity index (χ3n) is 3.37. The van der Waals surface area contributed by atoms with Gasteiger partial charge in [0.2, 0.25) is 0 Å². The van der Waals surface area contributed by atoms with Crippen molar-refractivity contribution in [2.45, 2.75) is 19.4 Å². The molecule has 0 unspecified atom stereocenters. The Labute approximate surface area is 132 Å². The summed E-state index contributed by atoms with van der Waals surface area (Å²) in [6.07, 6.45) is 1.97. The molecule has 0 amide bonds. The minimum absolute atomic E-state index is 0.548. The third-order valence-corrected chi connectivity index (χ3v) is 3.63. The van der Waals surface area contributed by atoms with E-state index in [2.05, 4.69) is 36.9 Å². The van der Waals surface area contributed by atoms with Crippen molar-refractivity contribution in [3.8, 4) is 0 Å². The number of aryl methyl sites for hydroxylation is 1. The molecule has 0 saturated carbocycles. The molecule has 2 rings (SSSR count). The minimum Gasteiger partial charge on any atom is -0.372 e. The lowest BCUT2D eigenvalue weighted by Gasteiger charge is -2.12. The van der Waals surface area contributed by atoms with Gasteiger partial charge in [0.25, 0.3) is 0 Å². The van der Waals surface area contributed by atoms with Crippen LogP contribution in [0.5, 0.6) is 0 Å². The third kappa shape index (κ3) is 5.04. The Hall–Kier alpha value is -1.57. The Morgan fingerprint density at radius 3 is 2.48 bits per heavy atom. The van der Waals surface area contributed by atoms with Crippen molar-refractivity contribution < 1.29 is 4.74 Å². The molecular weight excluding hydrogens is 280 g/mol. The molecule has 0 radical (unpaired) electrons. The summed E-state index contributed by atoms with van der Waals surface area (Å²) in [6, 6.07) is 18.5. The Morgan fingerprint density at radius 2 is 1.71 bits per heavy atom. The van der Waals surface area contributed by atoms with Gasteiger partial charge in [0.15, 0.2) is 0 Å². The highest BCUT2D eigenvalue weighted by molar-refractivity contribution is 6.17. The highest BCUT2D eigenvalue weighted by Crippen LogP contribution is 2.20. The second kappa shape index (κ2) is 8.66. The lowest BCUT2D eigenvalue weighted by molar-refractivity contribution is 0.153. The van der Waals surface area contributed by atoms with E-state index in [4.69, 9.17) is 16.3 Å². The fourth-order valence-electron chi connectivity index (χ4n) is 2.28. The maximum Gasteiger partial charge on any atom is 0.0721 e. The lowest BCUT2D eigenvalue weighted by atomic mass is 9.98. The van der Waals surface area contributed by atoms with Crippen LogP contribution in [0.3, 0.4) is 0 Å². The molecule has 0 saturated heterocycles.